The Morgan fingerprint density at radius 1 is 1.19 bits per heavy atom. The maximum Gasteiger partial charge on any atom is 0.231 e. The molecule has 0 aliphatic carbocycles. The second kappa shape index (κ2) is 7.03. The highest BCUT2D eigenvalue weighted by Crippen LogP contribution is 2.16. The fraction of sp³-hybridized carbons (Fsp3) is 0.647. The summed E-state index contributed by atoms with van der Waals surface area (Å²) in [6.07, 6.45) is 9.62. The summed E-state index contributed by atoms with van der Waals surface area (Å²) >= 11 is 0. The first-order valence-corrected chi connectivity index (χ1v) is 8.34. The predicted octanol–water partition coefficient (Wildman–Crippen LogP) is 0.889. The number of nitrogens with one attached hydrogen (secondary N) is 1. The maximum absolute atomic E-state index is 12.7. The van der Waals surface area contributed by atoms with E-state index >= 15 is 0 Å². The monoisotopic (exact) mass is 288 g/mol. The van der Waals surface area contributed by atoms with Gasteiger partial charge in [-0.25, -0.2) is 0 Å². The Morgan fingerprint density at radius 2 is 1.95 bits per heavy atom. The molecule has 3 rings (SSSR count). The molecule has 1 N–H and O–H groups in total. The quantitative estimate of drug-likeness (QED) is 0.897. The number of hydrogen-bond donors (Lipinski definition) is 1. The van der Waals surface area contributed by atoms with Crippen LogP contribution in [-0.4, -0.2) is 42.0 Å². The molecule has 0 radical (unpaired) electrons. The normalized spacial score (nSPS) is 26.6. The Kier molecular flexibility index (Phi) is 4.86. The van der Waals surface area contributed by atoms with Gasteiger partial charge in [-0.2, -0.15) is 0 Å². The van der Waals surface area contributed by atoms with E-state index in [0.717, 1.165) is 32.6 Å². The fourth-order valence-electron chi connectivity index (χ4n) is 3.68. The second-order valence-corrected chi connectivity index (χ2v) is 6.46. The SMILES string of the molecule is O=C(C1CCC[NH+](Cc2ccncc2)C1)N1CCCCC1. The molecule has 0 spiro atoms. The zero-order valence-electron chi connectivity index (χ0n) is 12.8. The summed E-state index contributed by atoms with van der Waals surface area (Å²) in [6, 6.07) is 4.17. The molecule has 2 unspecified atom stereocenters. The van der Waals surface area contributed by atoms with Crippen LogP contribution in [0, 0.1) is 5.92 Å². The lowest BCUT2D eigenvalue weighted by atomic mass is 9.95. The summed E-state index contributed by atoms with van der Waals surface area (Å²) in [7, 11) is 0. The van der Waals surface area contributed by atoms with E-state index in [2.05, 4.69) is 22.0 Å². The molecule has 0 saturated carbocycles. The molecule has 21 heavy (non-hydrogen) atoms. The third-order valence-corrected chi connectivity index (χ3v) is 4.84. The molecule has 1 aromatic rings. The molecule has 114 valence electrons. The Balaban J connectivity index is 1.56. The summed E-state index contributed by atoms with van der Waals surface area (Å²) in [6.45, 7) is 5.17. The number of carbonyl (C=O) groups excluding carboxylic acids is 1. The van der Waals surface area contributed by atoms with Crippen molar-refractivity contribution in [2.45, 2.75) is 38.6 Å². The van der Waals surface area contributed by atoms with Crippen LogP contribution < -0.4 is 4.90 Å². The first-order chi connectivity index (χ1) is 10.3. The van der Waals surface area contributed by atoms with E-state index in [0.29, 0.717) is 5.91 Å². The lowest BCUT2D eigenvalue weighted by Crippen LogP contribution is -3.12. The summed E-state index contributed by atoms with van der Waals surface area (Å²) in [5, 5.41) is 0. The Morgan fingerprint density at radius 3 is 2.71 bits per heavy atom. The van der Waals surface area contributed by atoms with E-state index in [1.807, 2.05) is 12.4 Å². The molecule has 2 aliphatic heterocycles. The molecule has 2 aliphatic rings. The van der Waals surface area contributed by atoms with Gasteiger partial charge >= 0.3 is 0 Å². The number of piperidine rings is 2. The highest BCUT2D eigenvalue weighted by molar-refractivity contribution is 5.79. The first kappa shape index (κ1) is 14.5. The summed E-state index contributed by atoms with van der Waals surface area (Å²) in [5.41, 5.74) is 1.33. The average molecular weight is 288 g/mol. The van der Waals surface area contributed by atoms with Crippen LogP contribution in [0.4, 0.5) is 0 Å². The summed E-state index contributed by atoms with van der Waals surface area (Å²) in [4.78, 5) is 20.4. The molecule has 2 atom stereocenters. The number of nitrogens with zero attached hydrogens (tertiary/aromatic N) is 2. The van der Waals surface area contributed by atoms with Crippen LogP contribution >= 0.6 is 0 Å². The lowest BCUT2D eigenvalue weighted by Gasteiger charge is -2.34. The van der Waals surface area contributed by atoms with E-state index < -0.39 is 0 Å². The minimum absolute atomic E-state index is 0.244. The van der Waals surface area contributed by atoms with Crippen LogP contribution in [0.1, 0.15) is 37.7 Å². The van der Waals surface area contributed by atoms with Crippen molar-refractivity contribution >= 4 is 5.91 Å². The second-order valence-electron chi connectivity index (χ2n) is 6.46. The van der Waals surface area contributed by atoms with Gasteiger partial charge in [-0.15, -0.1) is 0 Å². The van der Waals surface area contributed by atoms with Gasteiger partial charge < -0.3 is 9.80 Å². The van der Waals surface area contributed by atoms with E-state index in [9.17, 15) is 4.79 Å². The minimum atomic E-state index is 0.244. The zero-order chi connectivity index (χ0) is 14.5. The molecule has 1 aromatic heterocycles. The van der Waals surface area contributed by atoms with Crippen LogP contribution in [0.2, 0.25) is 0 Å². The zero-order valence-corrected chi connectivity index (χ0v) is 12.8. The van der Waals surface area contributed by atoms with Crippen LogP contribution in [0.25, 0.3) is 0 Å². The topological polar surface area (TPSA) is 37.6 Å². The van der Waals surface area contributed by atoms with Crippen molar-refractivity contribution in [3.63, 3.8) is 0 Å². The van der Waals surface area contributed by atoms with Crippen molar-refractivity contribution in [2.24, 2.45) is 5.92 Å². The van der Waals surface area contributed by atoms with Crippen LogP contribution in [0.15, 0.2) is 24.5 Å². The number of quaternary nitrogens is 1. The molecule has 4 heteroatoms. The molecule has 2 saturated heterocycles. The van der Waals surface area contributed by atoms with E-state index in [1.54, 1.807) is 4.90 Å². The number of likely N-dealkylation sites (tertiary alicyclic amines) is 2. The molecular formula is C17H26N3O+. The number of rotatable bonds is 3. The standard InChI is InChI=1S/C17H25N3O/c21-17(20-11-2-1-3-12-20)16-5-4-10-19(14-16)13-15-6-8-18-9-7-15/h6-9,16H,1-5,10-14H2/p+1. The van der Waals surface area contributed by atoms with Crippen molar-refractivity contribution in [3.05, 3.63) is 30.1 Å². The van der Waals surface area contributed by atoms with Gasteiger partial charge in [0.05, 0.1) is 19.0 Å². The molecule has 0 bridgehead atoms. The highest BCUT2D eigenvalue weighted by atomic mass is 16.2. The maximum atomic E-state index is 12.7. The number of hydrogen-bond acceptors (Lipinski definition) is 2. The van der Waals surface area contributed by atoms with Crippen molar-refractivity contribution in [1.82, 2.24) is 9.88 Å². The van der Waals surface area contributed by atoms with E-state index in [-0.39, 0.29) is 5.92 Å². The highest BCUT2D eigenvalue weighted by Gasteiger charge is 2.32. The Bertz CT molecular complexity index is 456. The predicted molar refractivity (Wildman–Crippen MR) is 81.8 cm³/mol. The van der Waals surface area contributed by atoms with E-state index in [4.69, 9.17) is 0 Å². The largest absolute Gasteiger partial charge is 0.342 e. The lowest BCUT2D eigenvalue weighted by molar-refractivity contribution is -0.921. The Labute approximate surface area is 127 Å². The smallest absolute Gasteiger partial charge is 0.231 e. The van der Waals surface area contributed by atoms with Gasteiger partial charge in [0, 0.05) is 31.0 Å². The van der Waals surface area contributed by atoms with Gasteiger partial charge in [-0.3, -0.25) is 9.78 Å². The Hall–Kier alpha value is -1.42. The summed E-state index contributed by atoms with van der Waals surface area (Å²) < 4.78 is 0. The van der Waals surface area contributed by atoms with Gasteiger partial charge in [0.1, 0.15) is 6.54 Å². The van der Waals surface area contributed by atoms with Gasteiger partial charge in [-0.1, -0.05) is 0 Å². The van der Waals surface area contributed by atoms with Crippen molar-refractivity contribution in [2.75, 3.05) is 26.2 Å². The molecule has 2 fully saturated rings. The average Bonchev–Trinajstić information content (AvgIpc) is 2.56. The van der Waals surface area contributed by atoms with Crippen LogP contribution in [0.5, 0.6) is 0 Å². The minimum Gasteiger partial charge on any atom is -0.342 e. The number of aromatic nitrogens is 1. The van der Waals surface area contributed by atoms with Gasteiger partial charge in [0.15, 0.2) is 0 Å². The van der Waals surface area contributed by atoms with Crippen molar-refractivity contribution in [1.29, 1.82) is 0 Å². The molecule has 0 aromatic carbocycles. The fourth-order valence-corrected chi connectivity index (χ4v) is 3.68. The molecule has 3 heterocycles. The first-order valence-electron chi connectivity index (χ1n) is 8.34. The number of carbonyl (C=O) groups is 1. The molecule has 1 amide bonds. The van der Waals surface area contributed by atoms with Crippen LogP contribution in [0.3, 0.4) is 0 Å². The van der Waals surface area contributed by atoms with Crippen LogP contribution in [-0.2, 0) is 11.3 Å². The third kappa shape index (κ3) is 3.82. The van der Waals surface area contributed by atoms with Gasteiger partial charge in [0.25, 0.3) is 0 Å². The van der Waals surface area contributed by atoms with E-state index in [1.165, 1.54) is 37.8 Å². The number of amides is 1. The molecular weight excluding hydrogens is 262 g/mol. The van der Waals surface area contributed by atoms with Crippen molar-refractivity contribution < 1.29 is 9.69 Å². The molecule has 4 nitrogen and oxygen atoms in total. The summed E-state index contributed by atoms with van der Waals surface area (Å²) in [5.74, 6) is 0.662. The third-order valence-electron chi connectivity index (χ3n) is 4.84. The van der Waals surface area contributed by atoms with Gasteiger partial charge in [-0.05, 0) is 44.2 Å². The van der Waals surface area contributed by atoms with Crippen molar-refractivity contribution in [3.8, 4) is 0 Å². The number of pyridine rings is 1. The van der Waals surface area contributed by atoms with Gasteiger partial charge in [0.2, 0.25) is 5.91 Å².